The van der Waals surface area contributed by atoms with Crippen LogP contribution in [0.15, 0.2) is 22.7 Å². The van der Waals surface area contributed by atoms with Gasteiger partial charge in [-0.2, -0.15) is 4.98 Å². The molecule has 8 heteroatoms. The van der Waals surface area contributed by atoms with Gasteiger partial charge in [0.15, 0.2) is 17.3 Å². The van der Waals surface area contributed by atoms with Gasteiger partial charge in [-0.05, 0) is 31.9 Å². The summed E-state index contributed by atoms with van der Waals surface area (Å²) in [6.07, 6.45) is 3.88. The van der Waals surface area contributed by atoms with Gasteiger partial charge in [0.25, 0.3) is 0 Å². The highest BCUT2D eigenvalue weighted by Crippen LogP contribution is 2.34. The number of likely N-dealkylation sites (tertiary alicyclic amines) is 1. The van der Waals surface area contributed by atoms with Crippen molar-refractivity contribution in [1.29, 1.82) is 0 Å². The first kappa shape index (κ1) is 16.7. The third-order valence-electron chi connectivity index (χ3n) is 4.64. The van der Waals surface area contributed by atoms with Gasteiger partial charge in [-0.3, -0.25) is 0 Å². The van der Waals surface area contributed by atoms with E-state index in [-0.39, 0.29) is 12.1 Å². The lowest BCUT2D eigenvalue weighted by Crippen LogP contribution is -2.38. The number of benzene rings is 1. The second-order valence-corrected chi connectivity index (χ2v) is 6.53. The Balaban J connectivity index is 1.53. The maximum atomic E-state index is 12.9. The molecule has 2 amide bonds. The summed E-state index contributed by atoms with van der Waals surface area (Å²) < 4.78 is 16.4. The molecule has 1 N–H and O–H groups in total. The summed E-state index contributed by atoms with van der Waals surface area (Å²) >= 11 is 0. The molecule has 1 fully saturated rings. The molecule has 4 rings (SSSR count). The van der Waals surface area contributed by atoms with E-state index in [2.05, 4.69) is 15.5 Å². The Morgan fingerprint density at radius 1 is 1.19 bits per heavy atom. The highest BCUT2D eigenvalue weighted by Gasteiger charge is 2.31. The molecule has 2 aliphatic heterocycles. The molecule has 138 valence electrons. The molecule has 2 aliphatic rings. The number of fused-ring (bicyclic) bond motifs is 1. The lowest BCUT2D eigenvalue weighted by Gasteiger charge is -2.28. The fourth-order valence-corrected chi connectivity index (χ4v) is 3.37. The van der Waals surface area contributed by atoms with Gasteiger partial charge in [0.1, 0.15) is 19.3 Å². The Labute approximate surface area is 151 Å². The molecule has 3 heterocycles. The first-order chi connectivity index (χ1) is 12.7. The summed E-state index contributed by atoms with van der Waals surface area (Å²) in [5.74, 6) is 2.43. The largest absolute Gasteiger partial charge is 0.486 e. The topological polar surface area (TPSA) is 89.7 Å². The van der Waals surface area contributed by atoms with Crippen LogP contribution in [0.4, 0.5) is 10.5 Å². The number of hydrogen-bond donors (Lipinski definition) is 1. The fourth-order valence-electron chi connectivity index (χ4n) is 3.37. The number of amides is 2. The van der Waals surface area contributed by atoms with E-state index < -0.39 is 0 Å². The Kier molecular flexibility index (Phi) is 4.64. The maximum absolute atomic E-state index is 12.9. The van der Waals surface area contributed by atoms with Crippen molar-refractivity contribution in [2.75, 3.05) is 25.1 Å². The number of urea groups is 1. The number of carbonyl (C=O) groups is 1. The van der Waals surface area contributed by atoms with E-state index in [4.69, 9.17) is 14.0 Å². The van der Waals surface area contributed by atoms with E-state index in [1.807, 2.05) is 12.1 Å². The second kappa shape index (κ2) is 7.23. The summed E-state index contributed by atoms with van der Waals surface area (Å²) in [6, 6.07) is 5.04. The van der Waals surface area contributed by atoms with Crippen LogP contribution in [0.5, 0.6) is 11.5 Å². The Hall–Kier alpha value is -2.77. The SMILES string of the molecule is Cc1noc(C2CCCCCN2C(=O)Nc2ccc3c(c2)OCCO3)n1. The molecule has 1 saturated heterocycles. The van der Waals surface area contributed by atoms with Crippen molar-refractivity contribution in [2.24, 2.45) is 0 Å². The summed E-state index contributed by atoms with van der Waals surface area (Å²) in [4.78, 5) is 19.1. The minimum Gasteiger partial charge on any atom is -0.486 e. The summed E-state index contributed by atoms with van der Waals surface area (Å²) in [7, 11) is 0. The van der Waals surface area contributed by atoms with Crippen molar-refractivity contribution in [2.45, 2.75) is 38.6 Å². The van der Waals surface area contributed by atoms with Crippen LogP contribution in [0.1, 0.15) is 43.4 Å². The lowest BCUT2D eigenvalue weighted by molar-refractivity contribution is 0.170. The number of aromatic nitrogens is 2. The van der Waals surface area contributed by atoms with Gasteiger partial charge in [0.2, 0.25) is 5.89 Å². The van der Waals surface area contributed by atoms with Crippen LogP contribution in [-0.2, 0) is 0 Å². The Morgan fingerprint density at radius 2 is 2.04 bits per heavy atom. The van der Waals surface area contributed by atoms with E-state index in [1.165, 1.54) is 0 Å². The molecule has 8 nitrogen and oxygen atoms in total. The lowest BCUT2D eigenvalue weighted by atomic mass is 10.1. The van der Waals surface area contributed by atoms with Crippen LogP contribution in [-0.4, -0.2) is 40.8 Å². The van der Waals surface area contributed by atoms with E-state index >= 15 is 0 Å². The quantitative estimate of drug-likeness (QED) is 0.886. The third kappa shape index (κ3) is 3.44. The Bertz CT molecular complexity index is 791. The molecule has 0 spiro atoms. The summed E-state index contributed by atoms with van der Waals surface area (Å²) in [5, 5.41) is 6.83. The first-order valence-electron chi connectivity index (χ1n) is 8.98. The van der Waals surface area contributed by atoms with Crippen molar-refractivity contribution in [3.05, 3.63) is 29.9 Å². The molecule has 1 aromatic carbocycles. The van der Waals surface area contributed by atoms with Crippen LogP contribution < -0.4 is 14.8 Å². The van der Waals surface area contributed by atoms with Gasteiger partial charge >= 0.3 is 6.03 Å². The molecule has 1 aromatic heterocycles. The van der Waals surface area contributed by atoms with E-state index in [9.17, 15) is 4.79 Å². The maximum Gasteiger partial charge on any atom is 0.322 e. The normalized spacial score (nSPS) is 19.7. The van der Waals surface area contributed by atoms with Crippen LogP contribution in [0.3, 0.4) is 0 Å². The molecule has 26 heavy (non-hydrogen) atoms. The molecular weight excluding hydrogens is 336 g/mol. The number of carbonyl (C=O) groups excluding carboxylic acids is 1. The van der Waals surface area contributed by atoms with Gasteiger partial charge < -0.3 is 24.2 Å². The Morgan fingerprint density at radius 3 is 2.85 bits per heavy atom. The average molecular weight is 358 g/mol. The molecule has 0 radical (unpaired) electrons. The molecule has 0 aliphatic carbocycles. The minimum absolute atomic E-state index is 0.176. The predicted octanol–water partition coefficient (Wildman–Crippen LogP) is 3.30. The monoisotopic (exact) mass is 358 g/mol. The molecule has 0 saturated carbocycles. The molecule has 1 atom stereocenters. The van der Waals surface area contributed by atoms with Crippen molar-refractivity contribution in [1.82, 2.24) is 15.0 Å². The number of rotatable bonds is 2. The smallest absolute Gasteiger partial charge is 0.322 e. The molecular formula is C18H22N4O4. The minimum atomic E-state index is -0.198. The van der Waals surface area contributed by atoms with Crippen LogP contribution in [0.2, 0.25) is 0 Å². The number of aryl methyl sites for hydroxylation is 1. The van der Waals surface area contributed by atoms with E-state index in [1.54, 1.807) is 17.9 Å². The zero-order chi connectivity index (χ0) is 17.9. The third-order valence-corrected chi connectivity index (χ3v) is 4.64. The molecule has 2 aromatic rings. The van der Waals surface area contributed by atoms with Crippen molar-refractivity contribution in [3.8, 4) is 11.5 Å². The predicted molar refractivity (Wildman–Crippen MR) is 93.4 cm³/mol. The number of anilines is 1. The van der Waals surface area contributed by atoms with Gasteiger partial charge in [0.05, 0.1) is 0 Å². The van der Waals surface area contributed by atoms with E-state index in [0.29, 0.717) is 48.7 Å². The first-order valence-corrected chi connectivity index (χ1v) is 8.98. The summed E-state index contributed by atoms with van der Waals surface area (Å²) in [5.41, 5.74) is 0.670. The number of nitrogens with one attached hydrogen (secondary N) is 1. The van der Waals surface area contributed by atoms with Crippen molar-refractivity contribution < 1.29 is 18.8 Å². The zero-order valence-electron chi connectivity index (χ0n) is 14.7. The van der Waals surface area contributed by atoms with Gasteiger partial charge in [0, 0.05) is 18.3 Å². The van der Waals surface area contributed by atoms with Gasteiger partial charge in [-0.1, -0.05) is 18.0 Å². The van der Waals surface area contributed by atoms with Crippen LogP contribution in [0.25, 0.3) is 0 Å². The summed E-state index contributed by atoms with van der Waals surface area (Å²) in [6.45, 7) is 3.48. The van der Waals surface area contributed by atoms with Crippen LogP contribution >= 0.6 is 0 Å². The standard InChI is InChI=1S/C18H22N4O4/c1-12-19-17(26-21-12)14-5-3-2-4-8-22(14)18(23)20-13-6-7-15-16(11-13)25-10-9-24-15/h6-7,11,14H,2-5,8-10H2,1H3,(H,20,23). The number of hydrogen-bond acceptors (Lipinski definition) is 6. The fraction of sp³-hybridized carbons (Fsp3) is 0.500. The zero-order valence-corrected chi connectivity index (χ0v) is 14.7. The molecule has 1 unspecified atom stereocenters. The number of nitrogens with zero attached hydrogens (tertiary/aromatic N) is 3. The highest BCUT2D eigenvalue weighted by molar-refractivity contribution is 5.90. The van der Waals surface area contributed by atoms with Gasteiger partial charge in [-0.15, -0.1) is 0 Å². The van der Waals surface area contributed by atoms with Crippen LogP contribution in [0, 0.1) is 6.92 Å². The van der Waals surface area contributed by atoms with Crippen molar-refractivity contribution >= 4 is 11.7 Å². The second-order valence-electron chi connectivity index (χ2n) is 6.53. The highest BCUT2D eigenvalue weighted by atomic mass is 16.6. The van der Waals surface area contributed by atoms with Gasteiger partial charge in [-0.25, -0.2) is 4.79 Å². The average Bonchev–Trinajstić information content (AvgIpc) is 2.93. The molecule has 0 bridgehead atoms. The van der Waals surface area contributed by atoms with Crippen molar-refractivity contribution in [3.63, 3.8) is 0 Å². The van der Waals surface area contributed by atoms with E-state index in [0.717, 1.165) is 25.7 Å². The number of ether oxygens (including phenoxy) is 2.